The van der Waals surface area contributed by atoms with Crippen LogP contribution >= 0.6 is 0 Å². The van der Waals surface area contributed by atoms with Crippen LogP contribution in [0.15, 0.2) is 0 Å². The summed E-state index contributed by atoms with van der Waals surface area (Å²) in [5, 5.41) is 18.2. The summed E-state index contributed by atoms with van der Waals surface area (Å²) < 4.78 is 0. The van der Waals surface area contributed by atoms with Gasteiger partial charge in [-0.25, -0.2) is 0 Å². The van der Waals surface area contributed by atoms with Crippen LogP contribution in [0.3, 0.4) is 0 Å². The van der Waals surface area contributed by atoms with Crippen LogP contribution in [-0.2, 0) is 4.79 Å². The highest BCUT2D eigenvalue weighted by molar-refractivity contribution is 5.69. The van der Waals surface area contributed by atoms with Gasteiger partial charge in [0, 0.05) is 6.61 Å². The third-order valence-electron chi connectivity index (χ3n) is 6.72. The Bertz CT molecular complexity index is 356. The second-order valence-corrected chi connectivity index (χ2v) is 9.76. The zero-order chi connectivity index (χ0) is 22.8. The topological polar surface area (TPSA) is 57.5 Å². The van der Waals surface area contributed by atoms with Crippen LogP contribution in [0.4, 0.5) is 0 Å². The van der Waals surface area contributed by atoms with E-state index >= 15 is 0 Å². The minimum atomic E-state index is -0.596. The Kier molecular flexibility index (Phi) is 25.2. The van der Waals surface area contributed by atoms with E-state index < -0.39 is 5.97 Å². The molecule has 0 fully saturated rings. The summed E-state index contributed by atoms with van der Waals surface area (Å²) in [5.41, 5.74) is 0. The van der Waals surface area contributed by atoms with Crippen molar-refractivity contribution in [2.75, 3.05) is 6.61 Å². The molecule has 0 saturated carbocycles. The number of aliphatic carboxylic acids is 1. The second-order valence-electron chi connectivity index (χ2n) is 9.76. The maximum absolute atomic E-state index is 11.5. The van der Waals surface area contributed by atoms with Crippen molar-refractivity contribution < 1.29 is 15.0 Å². The number of unbranched alkanes of at least 4 members (excludes halogenated alkanes) is 20. The SMILES string of the molecule is CCCCCCCCCCCCCCCCCCC(CCCCCCCCO)C(=O)O. The van der Waals surface area contributed by atoms with E-state index in [1.54, 1.807) is 0 Å². The molecule has 0 bridgehead atoms. The highest BCUT2D eigenvalue weighted by Gasteiger charge is 2.16. The lowest BCUT2D eigenvalue weighted by Gasteiger charge is -2.12. The van der Waals surface area contributed by atoms with Crippen LogP contribution in [0.1, 0.15) is 161 Å². The summed E-state index contributed by atoms with van der Waals surface area (Å²) in [6.45, 7) is 2.57. The number of carboxylic acids is 1. The molecule has 0 saturated heterocycles. The predicted molar refractivity (Wildman–Crippen MR) is 135 cm³/mol. The number of aliphatic hydroxyl groups excluding tert-OH is 1. The molecule has 186 valence electrons. The van der Waals surface area contributed by atoms with E-state index in [-0.39, 0.29) is 5.92 Å². The highest BCUT2D eigenvalue weighted by Crippen LogP contribution is 2.20. The monoisotopic (exact) mass is 440 g/mol. The second kappa shape index (κ2) is 25.7. The average molecular weight is 441 g/mol. The quantitative estimate of drug-likeness (QED) is 0.132. The van der Waals surface area contributed by atoms with Crippen LogP contribution in [0.25, 0.3) is 0 Å². The molecule has 0 aliphatic carbocycles. The number of hydrogen-bond acceptors (Lipinski definition) is 2. The first-order chi connectivity index (χ1) is 15.2. The molecule has 3 heteroatoms. The molecule has 0 aliphatic rings. The third-order valence-corrected chi connectivity index (χ3v) is 6.72. The van der Waals surface area contributed by atoms with Gasteiger partial charge in [-0.3, -0.25) is 4.79 Å². The lowest BCUT2D eigenvalue weighted by atomic mass is 9.94. The van der Waals surface area contributed by atoms with E-state index in [1.165, 1.54) is 103 Å². The number of rotatable bonds is 26. The zero-order valence-electron chi connectivity index (χ0n) is 21.1. The van der Waals surface area contributed by atoms with Gasteiger partial charge in [0.05, 0.1) is 5.92 Å². The van der Waals surface area contributed by atoms with Crippen molar-refractivity contribution in [2.45, 2.75) is 161 Å². The fourth-order valence-corrected chi connectivity index (χ4v) is 4.54. The zero-order valence-corrected chi connectivity index (χ0v) is 21.1. The lowest BCUT2D eigenvalue weighted by Crippen LogP contribution is -2.13. The molecule has 2 N–H and O–H groups in total. The first-order valence-corrected chi connectivity index (χ1v) is 14.1. The maximum atomic E-state index is 11.5. The molecule has 0 aromatic carbocycles. The molecule has 0 amide bonds. The molecule has 0 aromatic heterocycles. The van der Waals surface area contributed by atoms with Gasteiger partial charge in [0.1, 0.15) is 0 Å². The first-order valence-electron chi connectivity index (χ1n) is 14.1. The lowest BCUT2D eigenvalue weighted by molar-refractivity contribution is -0.142. The Morgan fingerprint density at radius 1 is 0.516 bits per heavy atom. The minimum absolute atomic E-state index is 0.135. The Morgan fingerprint density at radius 3 is 1.10 bits per heavy atom. The standard InChI is InChI=1S/C28H56O3/c1-2-3-4-5-6-7-8-9-10-11-12-13-14-15-18-21-24-27(28(30)31)25-22-19-16-17-20-23-26-29/h27,29H,2-26H2,1H3,(H,30,31). The third kappa shape index (κ3) is 23.9. The van der Waals surface area contributed by atoms with E-state index in [0.29, 0.717) is 6.61 Å². The van der Waals surface area contributed by atoms with Crippen LogP contribution < -0.4 is 0 Å². The number of carboxylic acid groups (broad SMARTS) is 1. The van der Waals surface area contributed by atoms with Crippen molar-refractivity contribution in [3.8, 4) is 0 Å². The Labute approximate surface area is 194 Å². The van der Waals surface area contributed by atoms with Crippen LogP contribution in [0.2, 0.25) is 0 Å². The van der Waals surface area contributed by atoms with E-state index in [0.717, 1.165) is 51.4 Å². The van der Waals surface area contributed by atoms with Crippen molar-refractivity contribution in [3.63, 3.8) is 0 Å². The summed E-state index contributed by atoms with van der Waals surface area (Å²) in [4.78, 5) is 11.5. The minimum Gasteiger partial charge on any atom is -0.481 e. The number of aliphatic hydroxyl groups is 1. The fourth-order valence-electron chi connectivity index (χ4n) is 4.54. The molecule has 0 rings (SSSR count). The van der Waals surface area contributed by atoms with Crippen molar-refractivity contribution in [1.29, 1.82) is 0 Å². The van der Waals surface area contributed by atoms with Gasteiger partial charge in [0.15, 0.2) is 0 Å². The van der Waals surface area contributed by atoms with E-state index in [1.807, 2.05) is 0 Å². The van der Waals surface area contributed by atoms with Crippen molar-refractivity contribution >= 4 is 5.97 Å². The van der Waals surface area contributed by atoms with Gasteiger partial charge in [0.2, 0.25) is 0 Å². The molecular formula is C28H56O3. The number of hydrogen-bond donors (Lipinski definition) is 2. The molecule has 1 atom stereocenters. The van der Waals surface area contributed by atoms with Gasteiger partial charge in [-0.15, -0.1) is 0 Å². The van der Waals surface area contributed by atoms with Gasteiger partial charge in [-0.1, -0.05) is 142 Å². The van der Waals surface area contributed by atoms with Crippen LogP contribution in [0.5, 0.6) is 0 Å². The molecule has 0 spiro atoms. The Morgan fingerprint density at radius 2 is 0.806 bits per heavy atom. The molecule has 0 aromatic rings. The Hall–Kier alpha value is -0.570. The first kappa shape index (κ1) is 30.4. The summed E-state index contributed by atoms with van der Waals surface area (Å²) in [5.74, 6) is -0.731. The van der Waals surface area contributed by atoms with Crippen molar-refractivity contribution in [2.24, 2.45) is 5.92 Å². The summed E-state index contributed by atoms with van der Waals surface area (Å²) in [6, 6.07) is 0. The van der Waals surface area contributed by atoms with Gasteiger partial charge in [-0.2, -0.15) is 0 Å². The van der Waals surface area contributed by atoms with E-state index in [9.17, 15) is 9.90 Å². The molecule has 31 heavy (non-hydrogen) atoms. The van der Waals surface area contributed by atoms with E-state index in [4.69, 9.17) is 5.11 Å². The molecule has 0 heterocycles. The van der Waals surface area contributed by atoms with Crippen molar-refractivity contribution in [1.82, 2.24) is 0 Å². The van der Waals surface area contributed by atoms with Gasteiger partial charge in [0.25, 0.3) is 0 Å². The smallest absolute Gasteiger partial charge is 0.306 e. The normalized spacial score (nSPS) is 12.3. The Balaban J connectivity index is 3.36. The largest absolute Gasteiger partial charge is 0.481 e. The van der Waals surface area contributed by atoms with Crippen LogP contribution in [-0.4, -0.2) is 22.8 Å². The predicted octanol–water partition coefficient (Wildman–Crippen LogP) is 9.06. The molecule has 0 aliphatic heterocycles. The molecular weight excluding hydrogens is 384 g/mol. The van der Waals surface area contributed by atoms with Crippen LogP contribution in [0, 0.1) is 5.92 Å². The average Bonchev–Trinajstić information content (AvgIpc) is 2.76. The van der Waals surface area contributed by atoms with Gasteiger partial charge in [-0.05, 0) is 19.3 Å². The van der Waals surface area contributed by atoms with Gasteiger partial charge >= 0.3 is 5.97 Å². The fraction of sp³-hybridized carbons (Fsp3) is 0.964. The molecule has 1 unspecified atom stereocenters. The molecule has 3 nitrogen and oxygen atoms in total. The maximum Gasteiger partial charge on any atom is 0.306 e. The number of carbonyl (C=O) groups is 1. The summed E-state index contributed by atoms with van der Waals surface area (Å²) in [7, 11) is 0. The summed E-state index contributed by atoms with van der Waals surface area (Å²) in [6.07, 6.45) is 30.0. The van der Waals surface area contributed by atoms with E-state index in [2.05, 4.69) is 6.92 Å². The molecule has 0 radical (unpaired) electrons. The summed E-state index contributed by atoms with van der Waals surface area (Å²) >= 11 is 0. The highest BCUT2D eigenvalue weighted by atomic mass is 16.4. The van der Waals surface area contributed by atoms with Crippen molar-refractivity contribution in [3.05, 3.63) is 0 Å². The van der Waals surface area contributed by atoms with Gasteiger partial charge < -0.3 is 10.2 Å².